The van der Waals surface area contributed by atoms with Gasteiger partial charge in [-0.05, 0) is 18.1 Å². The Morgan fingerprint density at radius 1 is 1.25 bits per heavy atom. The Kier molecular flexibility index (Phi) is 7.24. The highest BCUT2D eigenvalue weighted by molar-refractivity contribution is 5.97. The summed E-state index contributed by atoms with van der Waals surface area (Å²) in [6, 6.07) is 1.31. The van der Waals surface area contributed by atoms with Crippen molar-refractivity contribution in [2.75, 3.05) is 7.11 Å². The van der Waals surface area contributed by atoms with Crippen LogP contribution in [0.25, 0.3) is 0 Å². The first-order valence-corrected chi connectivity index (χ1v) is 8.91. The van der Waals surface area contributed by atoms with Crippen LogP contribution in [0, 0.1) is 5.92 Å². The van der Waals surface area contributed by atoms with E-state index < -0.39 is 42.1 Å². The molecule has 0 saturated carbocycles. The number of hydrogen-bond donors (Lipinski definition) is 4. The first-order chi connectivity index (χ1) is 13.2. The number of ether oxygens (including phenoxy) is 1. The molecular formula is C19H25N3O6. The van der Waals surface area contributed by atoms with Crippen molar-refractivity contribution in [2.24, 2.45) is 5.92 Å². The molecule has 152 valence electrons. The predicted octanol–water partition coefficient (Wildman–Crippen LogP) is -0.454. The van der Waals surface area contributed by atoms with Gasteiger partial charge in [-0.1, -0.05) is 19.9 Å². The molecule has 4 atom stereocenters. The molecule has 28 heavy (non-hydrogen) atoms. The molecule has 4 N–H and O–H groups in total. The first kappa shape index (κ1) is 21.5. The van der Waals surface area contributed by atoms with Crippen molar-refractivity contribution < 1.29 is 29.3 Å². The number of nitrogens with one attached hydrogen (secondary N) is 2. The van der Waals surface area contributed by atoms with E-state index >= 15 is 0 Å². The minimum absolute atomic E-state index is 0.113. The second kappa shape index (κ2) is 9.43. The Hall–Kier alpha value is -2.78. The molecule has 1 aliphatic carbocycles. The average Bonchev–Trinajstić information content (AvgIpc) is 2.68. The van der Waals surface area contributed by atoms with Gasteiger partial charge in [-0.2, -0.15) is 0 Å². The molecule has 0 spiro atoms. The number of carbonyl (C=O) groups excluding carboxylic acids is 3. The minimum Gasteiger partial charge on any atom is -0.467 e. The van der Waals surface area contributed by atoms with E-state index in [-0.39, 0.29) is 23.5 Å². The zero-order chi connectivity index (χ0) is 20.8. The van der Waals surface area contributed by atoms with Crippen molar-refractivity contribution in [1.29, 1.82) is 0 Å². The fourth-order valence-corrected chi connectivity index (χ4v) is 2.85. The van der Waals surface area contributed by atoms with Crippen molar-refractivity contribution in [3.63, 3.8) is 0 Å². The standard InChI is InChI=1S/C19H25N3O6/c1-10(2)15(19(27)28-3)22-18(26)12-7-13(16(24)14(23)8-12)21-17(25)11-5-4-6-20-9-11/h4-7,9-10,13-16,23-24H,8H2,1-3H3,(H,21,25)(H,22,26)/t13-,14-,15-,16-/m1/s1. The zero-order valence-electron chi connectivity index (χ0n) is 16.0. The molecule has 2 amide bonds. The van der Waals surface area contributed by atoms with E-state index in [0.29, 0.717) is 0 Å². The molecular weight excluding hydrogens is 366 g/mol. The van der Waals surface area contributed by atoms with Crippen LogP contribution in [-0.2, 0) is 14.3 Å². The van der Waals surface area contributed by atoms with Gasteiger partial charge in [0.2, 0.25) is 5.91 Å². The Balaban J connectivity index is 2.16. The zero-order valence-corrected chi connectivity index (χ0v) is 16.0. The number of esters is 1. The normalized spacial score (nSPS) is 22.8. The molecule has 9 heteroatoms. The third kappa shape index (κ3) is 5.14. The Labute approximate surface area is 162 Å². The van der Waals surface area contributed by atoms with Crippen molar-refractivity contribution in [2.45, 2.75) is 44.6 Å². The second-order valence-corrected chi connectivity index (χ2v) is 6.91. The van der Waals surface area contributed by atoms with Crippen LogP contribution in [-0.4, -0.2) is 64.4 Å². The van der Waals surface area contributed by atoms with E-state index in [2.05, 4.69) is 15.6 Å². The van der Waals surface area contributed by atoms with E-state index in [1.807, 2.05) is 0 Å². The van der Waals surface area contributed by atoms with Gasteiger partial charge in [-0.25, -0.2) is 4.79 Å². The molecule has 1 aromatic rings. The summed E-state index contributed by atoms with van der Waals surface area (Å²) < 4.78 is 4.70. The van der Waals surface area contributed by atoms with Crippen LogP contribution in [0.5, 0.6) is 0 Å². The van der Waals surface area contributed by atoms with Gasteiger partial charge >= 0.3 is 5.97 Å². The van der Waals surface area contributed by atoms with Gasteiger partial charge in [0.05, 0.1) is 24.8 Å². The highest BCUT2D eigenvalue weighted by Crippen LogP contribution is 2.21. The van der Waals surface area contributed by atoms with E-state index in [0.717, 1.165) is 0 Å². The number of amides is 2. The monoisotopic (exact) mass is 391 g/mol. The summed E-state index contributed by atoms with van der Waals surface area (Å²) in [6.45, 7) is 3.51. The van der Waals surface area contributed by atoms with Gasteiger partial charge in [0, 0.05) is 24.4 Å². The molecule has 0 bridgehead atoms. The third-order valence-electron chi connectivity index (χ3n) is 4.49. The molecule has 1 aliphatic rings. The maximum Gasteiger partial charge on any atom is 0.328 e. The number of aliphatic hydroxyl groups is 2. The van der Waals surface area contributed by atoms with Gasteiger partial charge in [0.1, 0.15) is 12.1 Å². The third-order valence-corrected chi connectivity index (χ3v) is 4.49. The number of aromatic nitrogens is 1. The number of aliphatic hydroxyl groups excluding tert-OH is 2. The van der Waals surface area contributed by atoms with E-state index in [1.54, 1.807) is 26.0 Å². The lowest BCUT2D eigenvalue weighted by molar-refractivity contribution is -0.146. The highest BCUT2D eigenvalue weighted by atomic mass is 16.5. The fraction of sp³-hybridized carbons (Fsp3) is 0.474. The van der Waals surface area contributed by atoms with Crippen LogP contribution in [0.4, 0.5) is 0 Å². The van der Waals surface area contributed by atoms with Crippen LogP contribution in [0.1, 0.15) is 30.6 Å². The maximum absolute atomic E-state index is 12.6. The number of rotatable bonds is 6. The Morgan fingerprint density at radius 2 is 1.96 bits per heavy atom. The summed E-state index contributed by atoms with van der Waals surface area (Å²) in [5, 5.41) is 25.5. The summed E-state index contributed by atoms with van der Waals surface area (Å²) in [7, 11) is 1.23. The van der Waals surface area contributed by atoms with Crippen LogP contribution >= 0.6 is 0 Å². The van der Waals surface area contributed by atoms with Crippen LogP contribution in [0.3, 0.4) is 0 Å². The summed E-state index contributed by atoms with van der Waals surface area (Å²) in [6.07, 6.45) is 1.62. The van der Waals surface area contributed by atoms with E-state index in [4.69, 9.17) is 4.74 Å². The van der Waals surface area contributed by atoms with Crippen molar-refractivity contribution in [3.8, 4) is 0 Å². The van der Waals surface area contributed by atoms with Gasteiger partial charge in [0.15, 0.2) is 0 Å². The molecule has 1 heterocycles. The first-order valence-electron chi connectivity index (χ1n) is 8.91. The number of pyridine rings is 1. The number of methoxy groups -OCH3 is 1. The minimum atomic E-state index is -1.28. The summed E-state index contributed by atoms with van der Waals surface area (Å²) in [5.74, 6) is -1.87. The number of carbonyl (C=O) groups is 3. The lowest BCUT2D eigenvalue weighted by Gasteiger charge is -2.31. The molecule has 0 fully saturated rings. The Bertz CT molecular complexity index is 749. The van der Waals surface area contributed by atoms with Crippen LogP contribution < -0.4 is 10.6 Å². The molecule has 0 aliphatic heterocycles. The van der Waals surface area contributed by atoms with Gasteiger partial charge in [-0.3, -0.25) is 14.6 Å². The smallest absolute Gasteiger partial charge is 0.328 e. The molecule has 1 aromatic heterocycles. The average molecular weight is 391 g/mol. The van der Waals surface area contributed by atoms with Gasteiger partial charge in [0.25, 0.3) is 5.91 Å². The summed E-state index contributed by atoms with van der Waals surface area (Å²) in [4.78, 5) is 40.6. The van der Waals surface area contributed by atoms with Crippen molar-refractivity contribution >= 4 is 17.8 Å². The number of hydrogen-bond acceptors (Lipinski definition) is 7. The molecule has 0 radical (unpaired) electrons. The van der Waals surface area contributed by atoms with Crippen LogP contribution in [0.15, 0.2) is 36.2 Å². The van der Waals surface area contributed by atoms with Crippen LogP contribution in [0.2, 0.25) is 0 Å². The van der Waals surface area contributed by atoms with Gasteiger partial charge < -0.3 is 25.6 Å². The quantitative estimate of drug-likeness (QED) is 0.482. The lowest BCUT2D eigenvalue weighted by Crippen LogP contribution is -2.52. The number of nitrogens with zero attached hydrogens (tertiary/aromatic N) is 1. The molecule has 2 rings (SSSR count). The largest absolute Gasteiger partial charge is 0.467 e. The van der Waals surface area contributed by atoms with Gasteiger partial charge in [-0.15, -0.1) is 0 Å². The molecule has 0 saturated heterocycles. The fourth-order valence-electron chi connectivity index (χ4n) is 2.85. The second-order valence-electron chi connectivity index (χ2n) is 6.91. The van der Waals surface area contributed by atoms with E-state index in [1.165, 1.54) is 25.6 Å². The lowest BCUT2D eigenvalue weighted by atomic mass is 9.89. The SMILES string of the molecule is COC(=O)[C@H](NC(=O)C1=C[C@@H](NC(=O)c2cccnc2)[C@@H](O)[C@H](O)C1)C(C)C. The molecule has 0 aromatic carbocycles. The molecule has 9 nitrogen and oxygen atoms in total. The topological polar surface area (TPSA) is 138 Å². The maximum atomic E-state index is 12.6. The predicted molar refractivity (Wildman–Crippen MR) is 99.0 cm³/mol. The van der Waals surface area contributed by atoms with Crippen molar-refractivity contribution in [3.05, 3.63) is 41.7 Å². The summed E-state index contributed by atoms with van der Waals surface area (Å²) >= 11 is 0. The van der Waals surface area contributed by atoms with Crippen molar-refractivity contribution in [1.82, 2.24) is 15.6 Å². The summed E-state index contributed by atoms with van der Waals surface area (Å²) in [5.41, 5.74) is 0.434. The molecule has 0 unspecified atom stereocenters. The highest BCUT2D eigenvalue weighted by Gasteiger charge is 2.35. The Morgan fingerprint density at radius 3 is 2.54 bits per heavy atom. The van der Waals surface area contributed by atoms with E-state index in [9.17, 15) is 24.6 Å².